The Kier molecular flexibility index (Phi) is 7.03. The van der Waals surface area contributed by atoms with Crippen molar-refractivity contribution < 1.29 is 8.83 Å². The molecular formula is C51H29N3O2S. The molecule has 0 aliphatic rings. The lowest BCUT2D eigenvalue weighted by molar-refractivity contribution is 0.669. The molecule has 0 N–H and O–H groups in total. The summed E-state index contributed by atoms with van der Waals surface area (Å²) in [6.45, 7) is 0. The number of benzene rings is 8. The van der Waals surface area contributed by atoms with Crippen molar-refractivity contribution in [1.29, 1.82) is 0 Å². The maximum absolute atomic E-state index is 6.64. The SMILES string of the molecule is c1ccc(-c2nc(-c3ccccc3)nc(-c3cccc4oc5ccc(-c6ccc7oc8c(-c9ccc%10sc%11ccccc%11c%10c9)cccc8c7c6)cc5c34)n2)cc1. The smallest absolute Gasteiger partial charge is 0.164 e. The molecule has 0 saturated carbocycles. The van der Waals surface area contributed by atoms with Crippen molar-refractivity contribution in [2.75, 3.05) is 0 Å². The maximum Gasteiger partial charge on any atom is 0.164 e. The summed E-state index contributed by atoms with van der Waals surface area (Å²) in [5, 5.41) is 6.70. The Morgan fingerprint density at radius 3 is 1.68 bits per heavy atom. The van der Waals surface area contributed by atoms with Crippen molar-refractivity contribution in [3.05, 3.63) is 176 Å². The van der Waals surface area contributed by atoms with Gasteiger partial charge in [0.05, 0.1) is 0 Å². The lowest BCUT2D eigenvalue weighted by Gasteiger charge is -2.09. The standard InChI is InChI=1S/C51H29N3O2S/c1-3-11-30(12-4-1)49-52-50(31-13-5-2-6-14-31)54-51(53-49)38-18-10-19-44-47(38)41-28-33(22-25-43(41)55-44)32-21-24-42-39(27-32)37-17-9-16-35(48(37)56-42)34-23-26-46-40(29-34)36-15-7-8-20-45(36)57-46/h1-29H. The summed E-state index contributed by atoms with van der Waals surface area (Å²) >= 11 is 1.83. The van der Waals surface area contributed by atoms with Gasteiger partial charge >= 0.3 is 0 Å². The molecule has 6 heteroatoms. The highest BCUT2D eigenvalue weighted by Gasteiger charge is 2.19. The van der Waals surface area contributed by atoms with Gasteiger partial charge in [-0.2, -0.15) is 0 Å². The number of thiophene rings is 1. The first kappa shape index (κ1) is 31.9. The van der Waals surface area contributed by atoms with Crippen LogP contribution >= 0.6 is 11.3 Å². The summed E-state index contributed by atoms with van der Waals surface area (Å²) in [6, 6.07) is 60.9. The van der Waals surface area contributed by atoms with Gasteiger partial charge in [0, 0.05) is 64.0 Å². The number of furan rings is 2. The van der Waals surface area contributed by atoms with Crippen LogP contribution < -0.4 is 0 Å². The highest BCUT2D eigenvalue weighted by atomic mass is 32.1. The van der Waals surface area contributed by atoms with E-state index in [9.17, 15) is 0 Å². The van der Waals surface area contributed by atoms with E-state index in [1.165, 1.54) is 20.2 Å². The van der Waals surface area contributed by atoms with Gasteiger partial charge in [0.1, 0.15) is 22.3 Å². The van der Waals surface area contributed by atoms with E-state index >= 15 is 0 Å². The molecule has 0 atom stereocenters. The van der Waals surface area contributed by atoms with E-state index in [-0.39, 0.29) is 0 Å². The van der Waals surface area contributed by atoms with Crippen LogP contribution in [0.3, 0.4) is 0 Å². The summed E-state index contributed by atoms with van der Waals surface area (Å²) in [7, 11) is 0. The van der Waals surface area contributed by atoms with Gasteiger partial charge < -0.3 is 8.83 Å². The average Bonchev–Trinajstić information content (AvgIpc) is 3.97. The van der Waals surface area contributed by atoms with Crippen molar-refractivity contribution in [3.63, 3.8) is 0 Å². The number of nitrogens with zero attached hydrogens (tertiary/aromatic N) is 3. The predicted molar refractivity (Wildman–Crippen MR) is 234 cm³/mol. The van der Waals surface area contributed by atoms with Crippen LogP contribution in [-0.2, 0) is 0 Å². The molecule has 0 fully saturated rings. The molecule has 0 aliphatic carbocycles. The van der Waals surface area contributed by atoms with E-state index in [1.807, 2.05) is 84.1 Å². The fraction of sp³-hybridized carbons (Fsp3) is 0. The lowest BCUT2D eigenvalue weighted by Crippen LogP contribution is -2.00. The van der Waals surface area contributed by atoms with Gasteiger partial charge in [-0.15, -0.1) is 11.3 Å². The lowest BCUT2D eigenvalue weighted by atomic mass is 9.98. The van der Waals surface area contributed by atoms with Crippen molar-refractivity contribution in [3.8, 4) is 56.4 Å². The molecule has 0 amide bonds. The predicted octanol–water partition coefficient (Wildman–Crippen LogP) is 14.4. The van der Waals surface area contributed by atoms with Gasteiger partial charge in [-0.25, -0.2) is 15.0 Å². The van der Waals surface area contributed by atoms with Gasteiger partial charge in [0.2, 0.25) is 0 Å². The van der Waals surface area contributed by atoms with Crippen LogP contribution in [0.1, 0.15) is 0 Å². The Morgan fingerprint density at radius 1 is 0.333 bits per heavy atom. The van der Waals surface area contributed by atoms with E-state index in [4.69, 9.17) is 23.8 Å². The maximum atomic E-state index is 6.64. The molecule has 8 aromatic carbocycles. The Morgan fingerprint density at radius 2 is 0.912 bits per heavy atom. The fourth-order valence-corrected chi connectivity index (χ4v) is 9.31. The molecule has 0 radical (unpaired) electrons. The minimum Gasteiger partial charge on any atom is -0.456 e. The number of para-hydroxylation sites is 1. The zero-order chi connectivity index (χ0) is 37.5. The van der Waals surface area contributed by atoms with Gasteiger partial charge in [0.15, 0.2) is 17.5 Å². The molecule has 0 aliphatic heterocycles. The normalized spacial score (nSPS) is 11.9. The number of rotatable bonds is 5. The summed E-state index contributed by atoms with van der Waals surface area (Å²) in [5.41, 5.74) is 10.5. The van der Waals surface area contributed by atoms with Gasteiger partial charge in [-0.3, -0.25) is 0 Å². The Hall–Kier alpha value is -7.41. The van der Waals surface area contributed by atoms with E-state index < -0.39 is 0 Å². The first-order valence-corrected chi connectivity index (χ1v) is 19.7. The van der Waals surface area contributed by atoms with E-state index in [2.05, 4.69) is 103 Å². The number of hydrogen-bond donors (Lipinski definition) is 0. The van der Waals surface area contributed by atoms with Crippen LogP contribution in [-0.4, -0.2) is 15.0 Å². The second kappa shape index (κ2) is 12.6. The minimum atomic E-state index is 0.592. The number of aromatic nitrogens is 3. The van der Waals surface area contributed by atoms with Crippen LogP contribution in [0.2, 0.25) is 0 Å². The third kappa shape index (κ3) is 5.19. The average molecular weight is 748 g/mol. The van der Waals surface area contributed by atoms with Crippen LogP contribution in [0.5, 0.6) is 0 Å². The minimum absolute atomic E-state index is 0.592. The van der Waals surface area contributed by atoms with Crippen LogP contribution in [0.25, 0.3) is 120 Å². The molecule has 57 heavy (non-hydrogen) atoms. The molecule has 0 bridgehead atoms. The molecule has 4 aromatic heterocycles. The third-order valence-electron chi connectivity index (χ3n) is 11.0. The molecule has 12 aromatic rings. The zero-order valence-electron chi connectivity index (χ0n) is 30.3. The molecular weight excluding hydrogens is 719 g/mol. The molecule has 5 nitrogen and oxygen atoms in total. The second-order valence-corrected chi connectivity index (χ2v) is 15.4. The summed E-state index contributed by atoms with van der Waals surface area (Å²) in [6.07, 6.45) is 0. The fourth-order valence-electron chi connectivity index (χ4n) is 8.22. The van der Waals surface area contributed by atoms with Crippen molar-refractivity contribution in [2.45, 2.75) is 0 Å². The first-order valence-electron chi connectivity index (χ1n) is 18.9. The van der Waals surface area contributed by atoms with Gasteiger partial charge in [-0.1, -0.05) is 127 Å². The summed E-state index contributed by atoms with van der Waals surface area (Å²) in [5.74, 6) is 1.83. The molecule has 0 unspecified atom stereocenters. The summed E-state index contributed by atoms with van der Waals surface area (Å²) in [4.78, 5) is 15.0. The zero-order valence-corrected chi connectivity index (χ0v) is 31.1. The van der Waals surface area contributed by atoms with Crippen LogP contribution in [0.4, 0.5) is 0 Å². The van der Waals surface area contributed by atoms with Gasteiger partial charge in [0.25, 0.3) is 0 Å². The topological polar surface area (TPSA) is 65.0 Å². The van der Waals surface area contributed by atoms with Crippen molar-refractivity contribution in [1.82, 2.24) is 15.0 Å². The van der Waals surface area contributed by atoms with E-state index in [0.717, 1.165) is 82.8 Å². The first-order chi connectivity index (χ1) is 28.2. The van der Waals surface area contributed by atoms with E-state index in [0.29, 0.717) is 17.5 Å². The quantitative estimate of drug-likeness (QED) is 0.175. The highest BCUT2D eigenvalue weighted by molar-refractivity contribution is 7.25. The van der Waals surface area contributed by atoms with Gasteiger partial charge in [-0.05, 0) is 65.2 Å². The van der Waals surface area contributed by atoms with E-state index in [1.54, 1.807) is 0 Å². The monoisotopic (exact) mass is 747 g/mol. The van der Waals surface area contributed by atoms with Crippen molar-refractivity contribution >= 4 is 75.4 Å². The molecule has 266 valence electrons. The molecule has 12 rings (SSSR count). The molecule has 0 saturated heterocycles. The van der Waals surface area contributed by atoms with Crippen LogP contribution in [0.15, 0.2) is 185 Å². The van der Waals surface area contributed by atoms with Crippen LogP contribution in [0, 0.1) is 0 Å². The molecule has 4 heterocycles. The Balaban J connectivity index is 0.992. The number of hydrogen-bond acceptors (Lipinski definition) is 6. The third-order valence-corrected chi connectivity index (χ3v) is 12.1. The highest BCUT2D eigenvalue weighted by Crippen LogP contribution is 2.42. The number of fused-ring (bicyclic) bond motifs is 9. The van der Waals surface area contributed by atoms with Crippen molar-refractivity contribution in [2.24, 2.45) is 0 Å². The second-order valence-electron chi connectivity index (χ2n) is 14.3. The molecule has 0 spiro atoms. The Labute approximate surface area is 330 Å². The largest absolute Gasteiger partial charge is 0.456 e. The Bertz CT molecular complexity index is 3470. The summed E-state index contributed by atoms with van der Waals surface area (Å²) < 4.78 is 15.7.